The molecule has 0 fully saturated rings. The van der Waals surface area contributed by atoms with Crippen molar-refractivity contribution in [2.75, 3.05) is 0 Å². The van der Waals surface area contributed by atoms with Gasteiger partial charge < -0.3 is 4.52 Å². The maximum Gasteiger partial charge on any atom is 0.214 e. The Bertz CT molecular complexity index is 423. The highest BCUT2D eigenvalue weighted by atomic mass is 16.5. The van der Waals surface area contributed by atoms with Crippen molar-refractivity contribution in [3.8, 4) is 11.4 Å². The molecular weight excluding hydrogens is 176 g/mol. The van der Waals surface area contributed by atoms with Gasteiger partial charge in [0.05, 0.1) is 0 Å². The number of rotatable bonds is 1. The van der Waals surface area contributed by atoms with Crippen LogP contribution in [0.5, 0.6) is 0 Å². The SMILES string of the molecule is Cc1cc(C)c(-c2ncon2)c(C)c1. The zero-order valence-corrected chi connectivity index (χ0v) is 8.53. The van der Waals surface area contributed by atoms with Crippen molar-refractivity contribution in [1.29, 1.82) is 0 Å². The van der Waals surface area contributed by atoms with Gasteiger partial charge in [-0.25, -0.2) is 0 Å². The Kier molecular flexibility index (Phi) is 2.08. The third-order valence-electron chi connectivity index (χ3n) is 2.26. The Hall–Kier alpha value is -1.64. The largest absolute Gasteiger partial charge is 0.342 e. The highest BCUT2D eigenvalue weighted by Gasteiger charge is 2.09. The smallest absolute Gasteiger partial charge is 0.214 e. The molecule has 0 unspecified atom stereocenters. The van der Waals surface area contributed by atoms with Gasteiger partial charge >= 0.3 is 0 Å². The predicted octanol–water partition coefficient (Wildman–Crippen LogP) is 2.66. The Morgan fingerprint density at radius 2 is 1.71 bits per heavy atom. The Balaban J connectivity index is 2.64. The minimum absolute atomic E-state index is 0.667. The zero-order chi connectivity index (χ0) is 10.1. The topological polar surface area (TPSA) is 38.9 Å². The first kappa shape index (κ1) is 8.94. The first-order chi connectivity index (χ1) is 6.68. The maximum absolute atomic E-state index is 4.75. The van der Waals surface area contributed by atoms with Crippen LogP contribution in [0.2, 0.25) is 0 Å². The second-order valence-electron chi connectivity index (χ2n) is 3.53. The van der Waals surface area contributed by atoms with Crippen LogP contribution in [0, 0.1) is 20.8 Å². The van der Waals surface area contributed by atoms with Crippen molar-refractivity contribution in [1.82, 2.24) is 10.1 Å². The molecule has 3 nitrogen and oxygen atoms in total. The van der Waals surface area contributed by atoms with Crippen LogP contribution in [-0.4, -0.2) is 10.1 Å². The molecular formula is C11H12N2O. The van der Waals surface area contributed by atoms with Crippen LogP contribution in [0.15, 0.2) is 23.0 Å². The Morgan fingerprint density at radius 3 is 2.21 bits per heavy atom. The molecule has 1 heterocycles. The summed E-state index contributed by atoms with van der Waals surface area (Å²) in [4.78, 5) is 4.06. The number of nitrogens with zero attached hydrogens (tertiary/aromatic N) is 2. The summed E-state index contributed by atoms with van der Waals surface area (Å²) in [7, 11) is 0. The van der Waals surface area contributed by atoms with Crippen LogP contribution >= 0.6 is 0 Å². The van der Waals surface area contributed by atoms with Crippen LogP contribution in [0.3, 0.4) is 0 Å². The molecule has 2 aromatic rings. The maximum atomic E-state index is 4.75. The lowest BCUT2D eigenvalue weighted by atomic mass is 9.99. The molecule has 0 aliphatic rings. The van der Waals surface area contributed by atoms with Crippen LogP contribution < -0.4 is 0 Å². The van der Waals surface area contributed by atoms with Crippen molar-refractivity contribution in [2.24, 2.45) is 0 Å². The minimum Gasteiger partial charge on any atom is -0.342 e. The lowest BCUT2D eigenvalue weighted by Gasteiger charge is -2.06. The van der Waals surface area contributed by atoms with Crippen LogP contribution in [0.25, 0.3) is 11.4 Å². The summed E-state index contributed by atoms with van der Waals surface area (Å²) in [6.45, 7) is 6.21. The summed E-state index contributed by atoms with van der Waals surface area (Å²) in [6, 6.07) is 4.25. The standard InChI is InChI=1S/C11H12N2O/c1-7-4-8(2)10(9(3)5-7)11-12-6-14-13-11/h4-6H,1-3H3. The molecule has 0 saturated carbocycles. The molecule has 0 aliphatic heterocycles. The number of benzene rings is 1. The molecule has 0 N–H and O–H groups in total. The summed E-state index contributed by atoms with van der Waals surface area (Å²) in [5.41, 5.74) is 4.70. The van der Waals surface area contributed by atoms with Gasteiger partial charge in [0.15, 0.2) is 0 Å². The number of aryl methyl sites for hydroxylation is 3. The fourth-order valence-electron chi connectivity index (χ4n) is 1.81. The van der Waals surface area contributed by atoms with Gasteiger partial charge in [0.2, 0.25) is 12.2 Å². The number of hydrogen-bond acceptors (Lipinski definition) is 3. The summed E-state index contributed by atoms with van der Waals surface area (Å²) in [5, 5.41) is 3.85. The lowest BCUT2D eigenvalue weighted by Crippen LogP contribution is -1.91. The van der Waals surface area contributed by atoms with E-state index in [1.807, 2.05) is 0 Å². The van der Waals surface area contributed by atoms with E-state index < -0.39 is 0 Å². The van der Waals surface area contributed by atoms with Gasteiger partial charge in [-0.3, -0.25) is 0 Å². The molecule has 1 aromatic carbocycles. The molecule has 3 heteroatoms. The van der Waals surface area contributed by atoms with E-state index >= 15 is 0 Å². The molecule has 72 valence electrons. The Labute approximate surface area is 82.8 Å². The van der Waals surface area contributed by atoms with Crippen molar-refractivity contribution in [2.45, 2.75) is 20.8 Å². The van der Waals surface area contributed by atoms with E-state index in [0.29, 0.717) is 5.82 Å². The normalized spacial score (nSPS) is 10.5. The molecule has 0 saturated heterocycles. The molecule has 0 atom stereocenters. The number of hydrogen-bond donors (Lipinski definition) is 0. The molecule has 1 aromatic heterocycles. The lowest BCUT2D eigenvalue weighted by molar-refractivity contribution is 0.418. The highest BCUT2D eigenvalue weighted by molar-refractivity contribution is 5.64. The molecule has 0 bridgehead atoms. The molecule has 2 rings (SSSR count). The molecule has 0 radical (unpaired) electrons. The van der Waals surface area contributed by atoms with E-state index in [9.17, 15) is 0 Å². The van der Waals surface area contributed by atoms with Gasteiger partial charge in [-0.1, -0.05) is 22.9 Å². The number of aromatic nitrogens is 2. The van der Waals surface area contributed by atoms with E-state index in [-0.39, 0.29) is 0 Å². The van der Waals surface area contributed by atoms with Crippen molar-refractivity contribution < 1.29 is 4.52 Å². The van der Waals surface area contributed by atoms with Gasteiger partial charge in [-0.2, -0.15) is 4.98 Å². The second-order valence-corrected chi connectivity index (χ2v) is 3.53. The molecule has 0 spiro atoms. The third-order valence-corrected chi connectivity index (χ3v) is 2.26. The first-order valence-electron chi connectivity index (χ1n) is 4.53. The van der Waals surface area contributed by atoms with Gasteiger partial charge in [0.25, 0.3) is 0 Å². The zero-order valence-electron chi connectivity index (χ0n) is 8.53. The van der Waals surface area contributed by atoms with E-state index in [2.05, 4.69) is 43.0 Å². The minimum atomic E-state index is 0.667. The molecule has 14 heavy (non-hydrogen) atoms. The molecule has 0 amide bonds. The van der Waals surface area contributed by atoms with E-state index in [1.54, 1.807) is 0 Å². The quantitative estimate of drug-likeness (QED) is 0.690. The highest BCUT2D eigenvalue weighted by Crippen LogP contribution is 2.24. The van der Waals surface area contributed by atoms with Crippen LogP contribution in [0.1, 0.15) is 16.7 Å². The monoisotopic (exact) mass is 188 g/mol. The van der Waals surface area contributed by atoms with Crippen LogP contribution in [0.4, 0.5) is 0 Å². The second kappa shape index (κ2) is 3.25. The first-order valence-corrected chi connectivity index (χ1v) is 4.53. The molecule has 0 aliphatic carbocycles. The summed E-state index contributed by atoms with van der Waals surface area (Å²) in [5.74, 6) is 0.667. The van der Waals surface area contributed by atoms with E-state index in [4.69, 9.17) is 4.52 Å². The van der Waals surface area contributed by atoms with Crippen LogP contribution in [-0.2, 0) is 0 Å². The van der Waals surface area contributed by atoms with Crippen molar-refractivity contribution in [3.63, 3.8) is 0 Å². The van der Waals surface area contributed by atoms with Gasteiger partial charge in [-0.05, 0) is 31.9 Å². The van der Waals surface area contributed by atoms with E-state index in [0.717, 1.165) is 5.56 Å². The average molecular weight is 188 g/mol. The Morgan fingerprint density at radius 1 is 1.07 bits per heavy atom. The van der Waals surface area contributed by atoms with Crippen molar-refractivity contribution >= 4 is 0 Å². The van der Waals surface area contributed by atoms with E-state index in [1.165, 1.54) is 23.1 Å². The average Bonchev–Trinajstić information content (AvgIpc) is 2.54. The van der Waals surface area contributed by atoms with Crippen molar-refractivity contribution in [3.05, 3.63) is 35.2 Å². The van der Waals surface area contributed by atoms with Gasteiger partial charge in [0.1, 0.15) is 0 Å². The third kappa shape index (κ3) is 1.41. The summed E-state index contributed by atoms with van der Waals surface area (Å²) >= 11 is 0. The summed E-state index contributed by atoms with van der Waals surface area (Å²) < 4.78 is 4.75. The summed E-state index contributed by atoms with van der Waals surface area (Å²) in [6.07, 6.45) is 1.36. The van der Waals surface area contributed by atoms with Gasteiger partial charge in [-0.15, -0.1) is 0 Å². The fourth-order valence-corrected chi connectivity index (χ4v) is 1.81. The fraction of sp³-hybridized carbons (Fsp3) is 0.273. The predicted molar refractivity (Wildman–Crippen MR) is 53.9 cm³/mol. The van der Waals surface area contributed by atoms with Gasteiger partial charge in [0, 0.05) is 5.56 Å².